The first-order chi connectivity index (χ1) is 7.79. The maximum atomic E-state index is 11.0. The highest BCUT2D eigenvalue weighted by Crippen LogP contribution is 2.33. The standard InChI is InChI=1S/C11H13N3O3/c1-11(2,3)6-4-7-9(17-10(12)13-7)8(5-6)14(15)16/h4-5H,1-3H3,(H2,12,13). The second-order valence-electron chi connectivity index (χ2n) is 4.90. The van der Waals surface area contributed by atoms with E-state index in [9.17, 15) is 10.1 Å². The Balaban J connectivity index is 2.80. The summed E-state index contributed by atoms with van der Waals surface area (Å²) in [7, 11) is 0. The van der Waals surface area contributed by atoms with E-state index in [1.54, 1.807) is 6.07 Å². The number of fused-ring (bicyclic) bond motifs is 1. The zero-order chi connectivity index (χ0) is 12.8. The van der Waals surface area contributed by atoms with Crippen molar-refractivity contribution >= 4 is 22.8 Å². The molecule has 0 aliphatic carbocycles. The molecule has 1 aromatic heterocycles. The molecule has 0 saturated heterocycles. The van der Waals surface area contributed by atoms with Crippen molar-refractivity contribution in [1.29, 1.82) is 0 Å². The molecule has 6 nitrogen and oxygen atoms in total. The van der Waals surface area contributed by atoms with Gasteiger partial charge in [-0.15, -0.1) is 0 Å². The Morgan fingerprint density at radius 2 is 2.06 bits per heavy atom. The molecule has 0 radical (unpaired) electrons. The van der Waals surface area contributed by atoms with Gasteiger partial charge in [-0.1, -0.05) is 20.8 Å². The van der Waals surface area contributed by atoms with E-state index in [4.69, 9.17) is 10.2 Å². The predicted molar refractivity (Wildman–Crippen MR) is 63.8 cm³/mol. The van der Waals surface area contributed by atoms with Gasteiger partial charge in [0.2, 0.25) is 5.58 Å². The third-order valence-corrected chi connectivity index (χ3v) is 2.55. The van der Waals surface area contributed by atoms with Crippen molar-refractivity contribution in [2.75, 3.05) is 5.73 Å². The second-order valence-corrected chi connectivity index (χ2v) is 4.90. The molecule has 17 heavy (non-hydrogen) atoms. The summed E-state index contributed by atoms with van der Waals surface area (Å²) < 4.78 is 5.05. The molecule has 0 atom stereocenters. The summed E-state index contributed by atoms with van der Waals surface area (Å²) in [4.78, 5) is 14.4. The van der Waals surface area contributed by atoms with E-state index in [-0.39, 0.29) is 22.7 Å². The third-order valence-electron chi connectivity index (χ3n) is 2.55. The summed E-state index contributed by atoms with van der Waals surface area (Å²) in [5, 5.41) is 11.0. The minimum Gasteiger partial charge on any atom is -0.416 e. The van der Waals surface area contributed by atoms with Crippen molar-refractivity contribution in [2.24, 2.45) is 0 Å². The average Bonchev–Trinajstić information content (AvgIpc) is 2.54. The number of nitro benzene ring substituents is 1. The summed E-state index contributed by atoms with van der Waals surface area (Å²) in [6.07, 6.45) is 0. The molecule has 1 aromatic carbocycles. The normalized spacial score (nSPS) is 11.9. The van der Waals surface area contributed by atoms with Gasteiger partial charge in [-0.3, -0.25) is 10.1 Å². The number of nitrogen functional groups attached to an aromatic ring is 1. The second kappa shape index (κ2) is 3.44. The number of nitrogens with two attached hydrogens (primary N) is 1. The molecule has 0 fully saturated rings. The molecule has 6 heteroatoms. The molecule has 0 aliphatic rings. The van der Waals surface area contributed by atoms with Crippen LogP contribution in [0.25, 0.3) is 11.1 Å². The lowest BCUT2D eigenvalue weighted by molar-refractivity contribution is -0.383. The molecular formula is C11H13N3O3. The van der Waals surface area contributed by atoms with E-state index in [2.05, 4.69) is 4.98 Å². The van der Waals surface area contributed by atoms with Gasteiger partial charge < -0.3 is 10.2 Å². The predicted octanol–water partition coefficient (Wildman–Crippen LogP) is 2.62. The fraction of sp³-hybridized carbons (Fsp3) is 0.364. The number of hydrogen-bond donors (Lipinski definition) is 1. The Morgan fingerprint density at radius 3 is 2.59 bits per heavy atom. The first kappa shape index (κ1) is 11.4. The van der Waals surface area contributed by atoms with Crippen LogP contribution in [0.4, 0.5) is 11.7 Å². The van der Waals surface area contributed by atoms with E-state index in [1.165, 1.54) is 6.07 Å². The zero-order valence-corrected chi connectivity index (χ0v) is 9.85. The van der Waals surface area contributed by atoms with E-state index >= 15 is 0 Å². The van der Waals surface area contributed by atoms with E-state index in [0.717, 1.165) is 5.56 Å². The molecule has 90 valence electrons. The minimum atomic E-state index is -0.484. The molecule has 0 aliphatic heterocycles. The molecule has 0 unspecified atom stereocenters. The monoisotopic (exact) mass is 235 g/mol. The number of aromatic nitrogens is 1. The summed E-state index contributed by atoms with van der Waals surface area (Å²) >= 11 is 0. The Hall–Kier alpha value is -2.11. The number of rotatable bonds is 1. The van der Waals surface area contributed by atoms with Gasteiger partial charge in [0.05, 0.1) is 4.92 Å². The van der Waals surface area contributed by atoms with Crippen molar-refractivity contribution in [3.63, 3.8) is 0 Å². The minimum absolute atomic E-state index is 0.0610. The van der Waals surface area contributed by atoms with Gasteiger partial charge in [0.15, 0.2) is 0 Å². The van der Waals surface area contributed by atoms with Gasteiger partial charge in [-0.25, -0.2) is 0 Å². The van der Waals surface area contributed by atoms with Crippen LogP contribution in [0, 0.1) is 10.1 Å². The SMILES string of the molecule is CC(C)(C)c1cc([N+](=O)[O-])c2oc(N)nc2c1. The fourth-order valence-electron chi connectivity index (χ4n) is 1.60. The summed E-state index contributed by atoms with van der Waals surface area (Å²) in [5.74, 6) is 0. The van der Waals surface area contributed by atoms with Gasteiger partial charge in [-0.2, -0.15) is 4.98 Å². The molecule has 2 aromatic rings. The average molecular weight is 235 g/mol. The molecule has 1 heterocycles. The quantitative estimate of drug-likeness (QED) is 0.605. The molecule has 0 amide bonds. The fourth-order valence-corrected chi connectivity index (χ4v) is 1.60. The van der Waals surface area contributed by atoms with Gasteiger partial charge in [0.1, 0.15) is 5.52 Å². The zero-order valence-electron chi connectivity index (χ0n) is 9.85. The summed E-state index contributed by atoms with van der Waals surface area (Å²) in [6.45, 7) is 5.92. The lowest BCUT2D eigenvalue weighted by atomic mass is 9.86. The Bertz CT molecular complexity index is 596. The van der Waals surface area contributed by atoms with Crippen LogP contribution in [0.5, 0.6) is 0 Å². The van der Waals surface area contributed by atoms with E-state index in [0.29, 0.717) is 5.52 Å². The third kappa shape index (κ3) is 1.93. The maximum absolute atomic E-state index is 11.0. The van der Waals surface area contributed by atoms with Gasteiger partial charge >= 0.3 is 5.69 Å². The smallest absolute Gasteiger partial charge is 0.314 e. The number of non-ortho nitro benzene ring substituents is 1. The highest BCUT2D eigenvalue weighted by molar-refractivity contribution is 5.84. The van der Waals surface area contributed by atoms with Crippen LogP contribution in [-0.4, -0.2) is 9.91 Å². The van der Waals surface area contributed by atoms with Gasteiger partial charge in [0.25, 0.3) is 6.01 Å². The van der Waals surface area contributed by atoms with Crippen LogP contribution in [0.3, 0.4) is 0 Å². The number of benzene rings is 1. The Morgan fingerprint density at radius 1 is 1.41 bits per heavy atom. The largest absolute Gasteiger partial charge is 0.416 e. The van der Waals surface area contributed by atoms with Crippen LogP contribution >= 0.6 is 0 Å². The molecule has 0 bridgehead atoms. The molecule has 2 N–H and O–H groups in total. The molecule has 0 spiro atoms. The topological polar surface area (TPSA) is 95.2 Å². The molecule has 2 rings (SSSR count). The Labute approximate surface area is 97.6 Å². The van der Waals surface area contributed by atoms with Crippen LogP contribution in [0.15, 0.2) is 16.5 Å². The number of nitrogens with zero attached hydrogens (tertiary/aromatic N) is 2. The lowest BCUT2D eigenvalue weighted by Crippen LogP contribution is -2.11. The highest BCUT2D eigenvalue weighted by Gasteiger charge is 2.24. The van der Waals surface area contributed by atoms with E-state index < -0.39 is 4.92 Å². The van der Waals surface area contributed by atoms with Crippen molar-refractivity contribution in [3.05, 3.63) is 27.8 Å². The van der Waals surface area contributed by atoms with Crippen LogP contribution in [0.2, 0.25) is 0 Å². The van der Waals surface area contributed by atoms with Crippen LogP contribution in [-0.2, 0) is 5.41 Å². The van der Waals surface area contributed by atoms with Gasteiger partial charge in [0, 0.05) is 6.07 Å². The number of anilines is 1. The maximum Gasteiger partial charge on any atom is 0.314 e. The molecular weight excluding hydrogens is 222 g/mol. The highest BCUT2D eigenvalue weighted by atomic mass is 16.6. The van der Waals surface area contributed by atoms with Crippen LogP contribution < -0.4 is 5.73 Å². The van der Waals surface area contributed by atoms with Crippen molar-refractivity contribution in [2.45, 2.75) is 26.2 Å². The van der Waals surface area contributed by atoms with Crippen LogP contribution in [0.1, 0.15) is 26.3 Å². The first-order valence-corrected chi connectivity index (χ1v) is 5.14. The van der Waals surface area contributed by atoms with E-state index in [1.807, 2.05) is 20.8 Å². The van der Waals surface area contributed by atoms with Crippen molar-refractivity contribution in [3.8, 4) is 0 Å². The van der Waals surface area contributed by atoms with Crippen molar-refractivity contribution < 1.29 is 9.34 Å². The first-order valence-electron chi connectivity index (χ1n) is 5.14. The number of nitro groups is 1. The Kier molecular flexibility index (Phi) is 2.30. The number of hydrogen-bond acceptors (Lipinski definition) is 5. The summed E-state index contributed by atoms with van der Waals surface area (Å²) in [5.41, 5.74) is 6.48. The van der Waals surface area contributed by atoms with Gasteiger partial charge in [-0.05, 0) is 17.0 Å². The van der Waals surface area contributed by atoms with Crippen molar-refractivity contribution in [1.82, 2.24) is 4.98 Å². The lowest BCUT2D eigenvalue weighted by Gasteiger charge is -2.18. The molecule has 0 saturated carbocycles. The summed E-state index contributed by atoms with van der Waals surface area (Å²) in [6, 6.07) is 3.21. The number of oxazole rings is 1.